The van der Waals surface area contributed by atoms with Crippen LogP contribution in [-0.4, -0.2) is 9.97 Å². The van der Waals surface area contributed by atoms with Gasteiger partial charge in [0.25, 0.3) is 0 Å². The summed E-state index contributed by atoms with van der Waals surface area (Å²) in [6.45, 7) is 0. The van der Waals surface area contributed by atoms with E-state index in [9.17, 15) is 0 Å². The van der Waals surface area contributed by atoms with Gasteiger partial charge in [-0.2, -0.15) is 0 Å². The molecule has 0 unspecified atom stereocenters. The summed E-state index contributed by atoms with van der Waals surface area (Å²) in [5.74, 6) is 0.436. The Morgan fingerprint density at radius 2 is 1.71 bits per heavy atom. The molecule has 0 radical (unpaired) electrons. The average Bonchev–Trinajstić information content (AvgIpc) is 2.21. The van der Waals surface area contributed by atoms with Crippen LogP contribution in [0.15, 0.2) is 41.1 Å². The molecule has 0 aliphatic rings. The fraction of sp³-hybridized carbons (Fsp3) is 0. The monoisotopic (exact) mass is 249 g/mol. The first-order valence-corrected chi connectivity index (χ1v) is 4.88. The molecular weight excluding hydrogens is 242 g/mol. The molecule has 0 fully saturated rings. The van der Waals surface area contributed by atoms with Gasteiger partial charge >= 0.3 is 0 Å². The Labute approximate surface area is 90.1 Å². The highest BCUT2D eigenvalue weighted by Gasteiger charge is 1.98. The Balaban J connectivity index is 2.40. The van der Waals surface area contributed by atoms with Crippen LogP contribution in [0.4, 0.5) is 5.82 Å². The Hall–Kier alpha value is -1.42. The fourth-order valence-electron chi connectivity index (χ4n) is 1.11. The molecular formula is C10H8BrN3. The molecule has 0 amide bonds. The first-order valence-electron chi connectivity index (χ1n) is 4.09. The molecule has 2 rings (SSSR count). The molecule has 0 spiro atoms. The van der Waals surface area contributed by atoms with Gasteiger partial charge in [0.1, 0.15) is 5.82 Å². The van der Waals surface area contributed by atoms with E-state index in [-0.39, 0.29) is 0 Å². The molecule has 0 bridgehead atoms. The van der Waals surface area contributed by atoms with Crippen LogP contribution in [0, 0.1) is 0 Å². The maximum Gasteiger partial charge on any atom is 0.141 e. The minimum Gasteiger partial charge on any atom is -0.382 e. The van der Waals surface area contributed by atoms with Crippen molar-refractivity contribution < 1.29 is 0 Å². The lowest BCUT2D eigenvalue weighted by atomic mass is 10.2. The smallest absolute Gasteiger partial charge is 0.141 e. The number of benzene rings is 1. The molecule has 0 saturated carbocycles. The van der Waals surface area contributed by atoms with Crippen LogP contribution in [0.5, 0.6) is 0 Å². The molecule has 1 aromatic carbocycles. The van der Waals surface area contributed by atoms with Crippen LogP contribution in [0.1, 0.15) is 0 Å². The van der Waals surface area contributed by atoms with E-state index < -0.39 is 0 Å². The second kappa shape index (κ2) is 3.75. The van der Waals surface area contributed by atoms with Crippen LogP contribution in [-0.2, 0) is 0 Å². The Morgan fingerprint density at radius 3 is 2.29 bits per heavy atom. The maximum atomic E-state index is 5.45. The van der Waals surface area contributed by atoms with Crippen LogP contribution in [0.2, 0.25) is 0 Å². The number of hydrogen-bond acceptors (Lipinski definition) is 3. The van der Waals surface area contributed by atoms with Gasteiger partial charge in [0.15, 0.2) is 0 Å². The van der Waals surface area contributed by atoms with E-state index in [1.165, 1.54) is 0 Å². The number of nitrogen functional groups attached to an aromatic ring is 1. The molecule has 2 aromatic rings. The average molecular weight is 250 g/mol. The summed E-state index contributed by atoms with van der Waals surface area (Å²) in [4.78, 5) is 8.16. The summed E-state index contributed by atoms with van der Waals surface area (Å²) in [7, 11) is 0. The van der Waals surface area contributed by atoms with Crippen molar-refractivity contribution in [2.75, 3.05) is 5.73 Å². The lowest BCUT2D eigenvalue weighted by Crippen LogP contribution is -1.92. The molecule has 3 nitrogen and oxygen atoms in total. The van der Waals surface area contributed by atoms with Gasteiger partial charge in [0.05, 0.1) is 18.1 Å². The third-order valence-corrected chi connectivity index (χ3v) is 2.34. The highest BCUT2D eigenvalue weighted by atomic mass is 79.9. The molecule has 1 heterocycles. The number of rotatable bonds is 1. The molecule has 0 saturated heterocycles. The topological polar surface area (TPSA) is 51.8 Å². The van der Waals surface area contributed by atoms with Crippen molar-refractivity contribution in [1.82, 2.24) is 9.97 Å². The van der Waals surface area contributed by atoms with Crippen molar-refractivity contribution in [2.45, 2.75) is 0 Å². The summed E-state index contributed by atoms with van der Waals surface area (Å²) < 4.78 is 1.05. The normalized spacial score (nSPS) is 10.1. The molecule has 0 aliphatic carbocycles. The maximum absolute atomic E-state index is 5.45. The van der Waals surface area contributed by atoms with E-state index in [2.05, 4.69) is 25.9 Å². The Bertz CT molecular complexity index is 379. The van der Waals surface area contributed by atoms with E-state index in [1.54, 1.807) is 12.4 Å². The number of nitrogens with zero attached hydrogens (tertiary/aromatic N) is 2. The highest BCUT2D eigenvalue weighted by molar-refractivity contribution is 9.10. The van der Waals surface area contributed by atoms with E-state index in [0.29, 0.717) is 5.82 Å². The van der Waals surface area contributed by atoms with Gasteiger partial charge in [0.2, 0.25) is 0 Å². The number of nitrogens with two attached hydrogens (primary N) is 1. The number of anilines is 1. The van der Waals surface area contributed by atoms with Gasteiger partial charge in [-0.15, -0.1) is 0 Å². The van der Waals surface area contributed by atoms with Crippen molar-refractivity contribution in [3.63, 3.8) is 0 Å². The van der Waals surface area contributed by atoms with Crippen molar-refractivity contribution in [3.05, 3.63) is 41.1 Å². The quantitative estimate of drug-likeness (QED) is 0.845. The summed E-state index contributed by atoms with van der Waals surface area (Å²) >= 11 is 3.37. The number of hydrogen-bond donors (Lipinski definition) is 1. The van der Waals surface area contributed by atoms with E-state index in [0.717, 1.165) is 15.7 Å². The molecule has 0 atom stereocenters. The summed E-state index contributed by atoms with van der Waals surface area (Å²) in [6, 6.07) is 7.88. The van der Waals surface area contributed by atoms with Gasteiger partial charge < -0.3 is 5.73 Å². The minimum absolute atomic E-state index is 0.436. The molecule has 1 aromatic heterocycles. The van der Waals surface area contributed by atoms with Crippen LogP contribution in [0.25, 0.3) is 11.3 Å². The summed E-state index contributed by atoms with van der Waals surface area (Å²) in [5.41, 5.74) is 7.30. The number of aromatic nitrogens is 2. The molecule has 0 aliphatic heterocycles. The summed E-state index contributed by atoms with van der Waals surface area (Å²) in [6.07, 6.45) is 3.22. The van der Waals surface area contributed by atoms with Crippen molar-refractivity contribution in [1.29, 1.82) is 0 Å². The third-order valence-electron chi connectivity index (χ3n) is 1.81. The number of halogens is 1. The molecule has 14 heavy (non-hydrogen) atoms. The van der Waals surface area contributed by atoms with Gasteiger partial charge in [-0.25, -0.2) is 4.98 Å². The van der Waals surface area contributed by atoms with Gasteiger partial charge in [-0.3, -0.25) is 4.98 Å². The second-order valence-electron chi connectivity index (χ2n) is 2.83. The Kier molecular flexibility index (Phi) is 2.45. The van der Waals surface area contributed by atoms with Crippen LogP contribution < -0.4 is 5.73 Å². The molecule has 2 N–H and O–H groups in total. The summed E-state index contributed by atoms with van der Waals surface area (Å²) in [5, 5.41) is 0. The van der Waals surface area contributed by atoms with Gasteiger partial charge in [-0.1, -0.05) is 28.1 Å². The predicted octanol–water partition coefficient (Wildman–Crippen LogP) is 2.49. The van der Waals surface area contributed by atoms with Gasteiger partial charge in [-0.05, 0) is 12.1 Å². The van der Waals surface area contributed by atoms with Crippen LogP contribution >= 0.6 is 15.9 Å². The van der Waals surface area contributed by atoms with Gasteiger partial charge in [0, 0.05) is 10.0 Å². The lowest BCUT2D eigenvalue weighted by Gasteiger charge is -2.00. The first kappa shape index (κ1) is 9.15. The fourth-order valence-corrected chi connectivity index (χ4v) is 1.37. The second-order valence-corrected chi connectivity index (χ2v) is 3.75. The molecule has 70 valence electrons. The van der Waals surface area contributed by atoms with Crippen LogP contribution in [0.3, 0.4) is 0 Å². The highest BCUT2D eigenvalue weighted by Crippen LogP contribution is 2.19. The Morgan fingerprint density at radius 1 is 1.00 bits per heavy atom. The third kappa shape index (κ3) is 1.90. The van der Waals surface area contributed by atoms with Crippen molar-refractivity contribution in [3.8, 4) is 11.3 Å². The zero-order valence-electron chi connectivity index (χ0n) is 7.31. The zero-order chi connectivity index (χ0) is 9.97. The minimum atomic E-state index is 0.436. The van der Waals surface area contributed by atoms with E-state index in [1.807, 2.05) is 24.3 Å². The first-order chi connectivity index (χ1) is 6.75. The largest absolute Gasteiger partial charge is 0.382 e. The predicted molar refractivity (Wildman–Crippen MR) is 59.6 cm³/mol. The zero-order valence-corrected chi connectivity index (χ0v) is 8.90. The standard InChI is InChI=1S/C10H8BrN3/c11-8-3-1-7(2-4-8)9-5-14-10(12)6-13-9/h1-6H,(H2,12,14). The van der Waals surface area contributed by atoms with Crippen molar-refractivity contribution >= 4 is 21.7 Å². The molecule has 4 heteroatoms. The van der Waals surface area contributed by atoms with E-state index in [4.69, 9.17) is 5.73 Å². The SMILES string of the molecule is Nc1cnc(-c2ccc(Br)cc2)cn1. The van der Waals surface area contributed by atoms with Crippen molar-refractivity contribution in [2.24, 2.45) is 0 Å². The lowest BCUT2D eigenvalue weighted by molar-refractivity contribution is 1.21. The van der Waals surface area contributed by atoms with E-state index >= 15 is 0 Å².